The molecule has 15 nitrogen and oxygen atoms in total. The third-order valence-electron chi connectivity index (χ3n) is 5.22. The van der Waals surface area contributed by atoms with Gasteiger partial charge in [-0.25, -0.2) is 19.8 Å². The topological polar surface area (TPSA) is 194 Å². The minimum Gasteiger partial charge on any atom is -0.469 e. The number of nitrogens with zero attached hydrogens (tertiary/aromatic N) is 2. The van der Waals surface area contributed by atoms with Crippen LogP contribution in [0.1, 0.15) is 18.9 Å². The van der Waals surface area contributed by atoms with Gasteiger partial charge in [0.1, 0.15) is 6.04 Å². The van der Waals surface area contributed by atoms with E-state index in [1.807, 2.05) is 0 Å². The van der Waals surface area contributed by atoms with Crippen LogP contribution in [0.2, 0.25) is 0 Å². The molecule has 15 heteroatoms. The molecule has 0 unspecified atom stereocenters. The molecule has 4 N–H and O–H groups in total. The Kier molecular flexibility index (Phi) is 12.3. The zero-order chi connectivity index (χ0) is 30.4. The number of hydrazone groups is 1. The number of ether oxygens (including phenoxy) is 3. The van der Waals surface area contributed by atoms with Gasteiger partial charge in [-0.15, -0.1) is 0 Å². The molecular weight excluding hydrogens is 540 g/mol. The summed E-state index contributed by atoms with van der Waals surface area (Å²) < 4.78 is 13.9. The molecule has 0 radical (unpaired) electrons. The van der Waals surface area contributed by atoms with E-state index >= 15 is 0 Å². The third kappa shape index (κ3) is 9.97. The van der Waals surface area contributed by atoms with Crippen LogP contribution in [-0.4, -0.2) is 75.6 Å². The quantitative estimate of drug-likeness (QED) is 0.101. The van der Waals surface area contributed by atoms with Gasteiger partial charge >= 0.3 is 24.1 Å². The lowest BCUT2D eigenvalue weighted by atomic mass is 10.1. The Hall–Kier alpha value is -5.47. The third-order valence-corrected chi connectivity index (χ3v) is 5.22. The number of hydrogen-bond donors (Lipinski definition) is 4. The SMILES string of the molecule is COC(=O)C[C@H](NC(C)=O)C(=O)N(c1ccccc1)[C@@H](NC(=O)Nc1ccc(C=NNC(=O)OC)cc1)C(=O)OC. The molecule has 5 amide bonds. The number of amides is 5. The summed E-state index contributed by atoms with van der Waals surface area (Å²) in [6, 6.07) is 11.7. The molecule has 0 aliphatic heterocycles. The van der Waals surface area contributed by atoms with Crippen LogP contribution in [0.5, 0.6) is 0 Å². The van der Waals surface area contributed by atoms with E-state index < -0.39 is 54.5 Å². The number of anilines is 2. The number of carbonyl (C=O) groups excluding carboxylic acids is 6. The van der Waals surface area contributed by atoms with Crippen LogP contribution in [0.25, 0.3) is 0 Å². The van der Waals surface area contributed by atoms with E-state index in [-0.39, 0.29) is 5.69 Å². The molecule has 0 spiro atoms. The van der Waals surface area contributed by atoms with Gasteiger partial charge < -0.3 is 30.2 Å². The molecule has 0 heterocycles. The van der Waals surface area contributed by atoms with Crippen LogP contribution in [0.15, 0.2) is 59.7 Å². The zero-order valence-electron chi connectivity index (χ0n) is 22.7. The van der Waals surface area contributed by atoms with Crippen molar-refractivity contribution in [2.75, 3.05) is 31.5 Å². The smallest absolute Gasteiger partial charge is 0.427 e. The highest BCUT2D eigenvalue weighted by Crippen LogP contribution is 2.19. The Morgan fingerprint density at radius 1 is 0.878 bits per heavy atom. The number of para-hydroxylation sites is 1. The number of esters is 2. The summed E-state index contributed by atoms with van der Waals surface area (Å²) in [5.41, 5.74) is 3.19. The molecule has 41 heavy (non-hydrogen) atoms. The number of methoxy groups -OCH3 is 3. The van der Waals surface area contributed by atoms with Crippen molar-refractivity contribution in [1.29, 1.82) is 0 Å². The fraction of sp³-hybridized carbons (Fsp3) is 0.269. The molecule has 0 saturated carbocycles. The molecule has 0 saturated heterocycles. The fourth-order valence-electron chi connectivity index (χ4n) is 3.35. The number of rotatable bonds is 11. The summed E-state index contributed by atoms with van der Waals surface area (Å²) in [7, 11) is 3.38. The normalized spacial score (nSPS) is 11.8. The lowest BCUT2D eigenvalue weighted by Crippen LogP contribution is -2.61. The largest absolute Gasteiger partial charge is 0.469 e. The van der Waals surface area contributed by atoms with Gasteiger partial charge in [0.15, 0.2) is 0 Å². The Morgan fingerprint density at radius 2 is 1.54 bits per heavy atom. The lowest BCUT2D eigenvalue weighted by molar-refractivity contribution is -0.145. The standard InChI is InChI=1S/C26H30N6O9/c1-16(33)28-20(14-21(34)39-2)23(35)32(19-8-6-5-7-9-19)22(24(36)40-3)30-25(37)29-18-12-10-17(11-13-18)15-27-31-26(38)41-4/h5-13,15,20,22H,14H2,1-4H3,(H,28,33)(H,31,38)(H2,29,30,37)/t20-,22+/m0/s1. The van der Waals surface area contributed by atoms with Crippen LogP contribution in [0.4, 0.5) is 21.0 Å². The average molecular weight is 571 g/mol. The highest BCUT2D eigenvalue weighted by atomic mass is 16.5. The average Bonchev–Trinajstić information content (AvgIpc) is 2.96. The van der Waals surface area contributed by atoms with Gasteiger partial charge in [-0.3, -0.25) is 19.3 Å². The zero-order valence-corrected chi connectivity index (χ0v) is 22.7. The number of carbonyl (C=O) groups is 6. The number of benzene rings is 2. The number of hydrogen-bond acceptors (Lipinski definition) is 10. The van der Waals surface area contributed by atoms with Gasteiger partial charge in [0.25, 0.3) is 5.91 Å². The van der Waals surface area contributed by atoms with Crippen LogP contribution in [0, 0.1) is 0 Å². The highest BCUT2D eigenvalue weighted by molar-refractivity contribution is 6.06. The van der Waals surface area contributed by atoms with Crippen LogP contribution >= 0.6 is 0 Å². The van der Waals surface area contributed by atoms with E-state index in [1.165, 1.54) is 37.6 Å². The first-order valence-corrected chi connectivity index (χ1v) is 11.9. The van der Waals surface area contributed by atoms with Crippen LogP contribution < -0.4 is 26.3 Å². The van der Waals surface area contributed by atoms with Crippen molar-refractivity contribution in [3.8, 4) is 0 Å². The van der Waals surface area contributed by atoms with Gasteiger partial charge in [-0.05, 0) is 29.8 Å². The monoisotopic (exact) mass is 570 g/mol. The summed E-state index contributed by atoms with van der Waals surface area (Å²) in [6.07, 6.45) is -1.65. The minimum absolute atomic E-state index is 0.164. The Bertz CT molecular complexity index is 1270. The second-order valence-corrected chi connectivity index (χ2v) is 8.08. The molecule has 0 aromatic heterocycles. The molecule has 2 aromatic carbocycles. The summed E-state index contributed by atoms with van der Waals surface area (Å²) in [5.74, 6) is -3.31. The van der Waals surface area contributed by atoms with Crippen molar-refractivity contribution in [2.24, 2.45) is 5.10 Å². The van der Waals surface area contributed by atoms with Crippen molar-refractivity contribution in [1.82, 2.24) is 16.1 Å². The second-order valence-electron chi connectivity index (χ2n) is 8.08. The first-order chi connectivity index (χ1) is 19.6. The molecule has 0 fully saturated rings. The maximum atomic E-state index is 13.7. The van der Waals surface area contributed by atoms with Crippen molar-refractivity contribution in [3.63, 3.8) is 0 Å². The van der Waals surface area contributed by atoms with Crippen LogP contribution in [0.3, 0.4) is 0 Å². The molecule has 2 aromatic rings. The Balaban J connectivity index is 2.33. The maximum Gasteiger partial charge on any atom is 0.427 e. The fourth-order valence-corrected chi connectivity index (χ4v) is 3.35. The Labute approximate surface area is 235 Å². The molecule has 2 atom stereocenters. The first-order valence-electron chi connectivity index (χ1n) is 11.9. The lowest BCUT2D eigenvalue weighted by Gasteiger charge is -2.33. The van der Waals surface area contributed by atoms with Crippen molar-refractivity contribution >= 4 is 53.5 Å². The molecule has 0 aliphatic carbocycles. The van der Waals surface area contributed by atoms with Crippen molar-refractivity contribution in [2.45, 2.75) is 25.6 Å². The molecule has 218 valence electrons. The van der Waals surface area contributed by atoms with E-state index in [9.17, 15) is 28.8 Å². The van der Waals surface area contributed by atoms with Gasteiger partial charge in [-0.1, -0.05) is 30.3 Å². The maximum absolute atomic E-state index is 13.7. The summed E-state index contributed by atoms with van der Waals surface area (Å²) >= 11 is 0. The molecule has 2 rings (SSSR count). The van der Waals surface area contributed by atoms with E-state index in [4.69, 9.17) is 4.74 Å². The van der Waals surface area contributed by atoms with E-state index in [2.05, 4.69) is 36.0 Å². The highest BCUT2D eigenvalue weighted by Gasteiger charge is 2.38. The Morgan fingerprint density at radius 3 is 2.10 bits per heavy atom. The van der Waals surface area contributed by atoms with E-state index in [0.717, 1.165) is 26.0 Å². The van der Waals surface area contributed by atoms with Crippen molar-refractivity contribution < 1.29 is 43.0 Å². The van der Waals surface area contributed by atoms with E-state index in [1.54, 1.807) is 30.3 Å². The van der Waals surface area contributed by atoms with Gasteiger partial charge in [0.05, 0.1) is 34.0 Å². The summed E-state index contributed by atoms with van der Waals surface area (Å²) in [4.78, 5) is 75.3. The predicted molar refractivity (Wildman–Crippen MR) is 146 cm³/mol. The van der Waals surface area contributed by atoms with Gasteiger partial charge in [0.2, 0.25) is 12.1 Å². The number of urea groups is 1. The van der Waals surface area contributed by atoms with Crippen molar-refractivity contribution in [3.05, 3.63) is 60.2 Å². The minimum atomic E-state index is -1.71. The number of nitrogens with one attached hydrogen (secondary N) is 4. The van der Waals surface area contributed by atoms with Gasteiger partial charge in [0, 0.05) is 18.3 Å². The van der Waals surface area contributed by atoms with E-state index in [0.29, 0.717) is 11.3 Å². The molecular formula is C26H30N6O9. The molecule has 0 bridgehead atoms. The first kappa shape index (κ1) is 31.7. The predicted octanol–water partition coefficient (Wildman–Crippen LogP) is 1.10. The second kappa shape index (κ2) is 15.8. The summed E-state index contributed by atoms with van der Waals surface area (Å²) in [5, 5.41) is 11.0. The van der Waals surface area contributed by atoms with Gasteiger partial charge in [-0.2, -0.15) is 5.10 Å². The van der Waals surface area contributed by atoms with Crippen LogP contribution in [-0.2, 0) is 33.4 Å². The summed E-state index contributed by atoms with van der Waals surface area (Å²) in [6.45, 7) is 1.15. The molecule has 0 aliphatic rings.